The Morgan fingerprint density at radius 1 is 1.25 bits per heavy atom. The lowest BCUT2D eigenvalue weighted by Crippen LogP contribution is -2.01. The van der Waals surface area contributed by atoms with E-state index in [1.54, 1.807) is 6.92 Å². The van der Waals surface area contributed by atoms with Crippen LogP contribution in [0.15, 0.2) is 12.1 Å². The number of hydrogen-bond acceptors (Lipinski definition) is 2. The molecule has 0 fully saturated rings. The van der Waals surface area contributed by atoms with Crippen LogP contribution in [-0.2, 0) is 0 Å². The van der Waals surface area contributed by atoms with Crippen LogP contribution in [0.25, 0.3) is 0 Å². The van der Waals surface area contributed by atoms with Crippen molar-refractivity contribution in [3.63, 3.8) is 0 Å². The van der Waals surface area contributed by atoms with Gasteiger partial charge < -0.3 is 4.74 Å². The van der Waals surface area contributed by atoms with E-state index < -0.39 is 17.4 Å². The fourth-order valence-electron chi connectivity index (χ4n) is 1.12. The number of rotatable bonds is 3. The van der Waals surface area contributed by atoms with Gasteiger partial charge in [-0.05, 0) is 12.1 Å². The molecule has 2 nitrogen and oxygen atoms in total. The van der Waals surface area contributed by atoms with Crippen molar-refractivity contribution in [2.24, 2.45) is 0 Å². The molecule has 4 heteroatoms. The number of carbonyl (C=O) groups is 1. The van der Waals surface area contributed by atoms with Crippen LogP contribution in [-0.4, -0.2) is 12.9 Å². The lowest BCUT2D eigenvalue weighted by Gasteiger charge is -2.05. The van der Waals surface area contributed by atoms with Crippen molar-refractivity contribution in [2.75, 3.05) is 7.11 Å². The van der Waals surface area contributed by atoms with E-state index in [4.69, 9.17) is 0 Å². The van der Waals surface area contributed by atoms with Crippen molar-refractivity contribution in [3.8, 4) is 5.75 Å². The number of hydrogen-bond donors (Lipinski definition) is 0. The van der Waals surface area contributed by atoms with Crippen molar-refractivity contribution in [3.05, 3.63) is 29.3 Å². The average Bonchev–Trinajstić information content (AvgIpc) is 2.30. The summed E-state index contributed by atoms with van der Waals surface area (Å²) >= 11 is 0. The minimum absolute atomic E-state index is 0.0308. The second kappa shape index (κ2) is 6.93. The molecular formula is C12H16F2O2. The number of carbonyl (C=O) groups excluding carboxylic acids is 1. The van der Waals surface area contributed by atoms with E-state index >= 15 is 0 Å². The molecule has 0 spiro atoms. The first-order valence-electron chi connectivity index (χ1n) is 5.16. The Hall–Kier alpha value is -1.45. The van der Waals surface area contributed by atoms with Gasteiger partial charge in [-0.3, -0.25) is 4.79 Å². The smallest absolute Gasteiger partial charge is 0.190 e. The Morgan fingerprint density at radius 2 is 1.69 bits per heavy atom. The first-order chi connectivity index (χ1) is 7.60. The molecule has 0 amide bonds. The molecule has 0 N–H and O–H groups in total. The van der Waals surface area contributed by atoms with Crippen LogP contribution in [0.1, 0.15) is 37.6 Å². The topological polar surface area (TPSA) is 26.3 Å². The van der Waals surface area contributed by atoms with Crippen LogP contribution in [0.5, 0.6) is 5.75 Å². The first-order valence-corrected chi connectivity index (χ1v) is 5.16. The van der Waals surface area contributed by atoms with E-state index in [2.05, 4.69) is 4.74 Å². The van der Waals surface area contributed by atoms with Crippen LogP contribution in [0.4, 0.5) is 8.78 Å². The van der Waals surface area contributed by atoms with Crippen molar-refractivity contribution in [2.45, 2.75) is 27.2 Å². The number of ether oxygens (including phenoxy) is 1. The average molecular weight is 230 g/mol. The van der Waals surface area contributed by atoms with E-state index in [-0.39, 0.29) is 17.8 Å². The summed E-state index contributed by atoms with van der Waals surface area (Å²) in [7, 11) is 1.17. The van der Waals surface area contributed by atoms with Crippen molar-refractivity contribution < 1.29 is 18.3 Å². The Balaban J connectivity index is 0.00000106. The summed E-state index contributed by atoms with van der Waals surface area (Å²) in [5.74, 6) is -2.48. The predicted octanol–water partition coefficient (Wildman–Crippen LogP) is 3.59. The van der Waals surface area contributed by atoms with Crippen LogP contribution in [0.3, 0.4) is 0 Å². The molecule has 0 bridgehead atoms. The molecule has 0 aliphatic rings. The molecular weight excluding hydrogens is 214 g/mol. The normalized spacial score (nSPS) is 9.12. The summed E-state index contributed by atoms with van der Waals surface area (Å²) in [6, 6.07) is 1.96. The van der Waals surface area contributed by atoms with Crippen molar-refractivity contribution in [1.82, 2.24) is 0 Å². The van der Waals surface area contributed by atoms with Crippen LogP contribution in [0, 0.1) is 11.6 Å². The molecule has 0 saturated heterocycles. The molecule has 0 radical (unpaired) electrons. The second-order valence-electron chi connectivity index (χ2n) is 2.75. The second-order valence-corrected chi connectivity index (χ2v) is 2.75. The fourth-order valence-corrected chi connectivity index (χ4v) is 1.12. The van der Waals surface area contributed by atoms with Gasteiger partial charge in [0.2, 0.25) is 0 Å². The Labute approximate surface area is 94.2 Å². The molecule has 1 rings (SSSR count). The Morgan fingerprint density at radius 3 is 2.00 bits per heavy atom. The van der Waals surface area contributed by atoms with Gasteiger partial charge in [0.1, 0.15) is 0 Å². The van der Waals surface area contributed by atoms with E-state index in [1.165, 1.54) is 7.11 Å². The highest BCUT2D eigenvalue weighted by Crippen LogP contribution is 2.23. The SMILES string of the molecule is CC.CCC(=O)c1cc(F)c(OC)c(F)c1. The maximum atomic E-state index is 13.1. The van der Waals surface area contributed by atoms with Crippen molar-refractivity contribution >= 4 is 5.78 Å². The summed E-state index contributed by atoms with van der Waals surface area (Å²) in [6.07, 6.45) is 0.214. The maximum Gasteiger partial charge on any atom is 0.190 e. The molecule has 16 heavy (non-hydrogen) atoms. The van der Waals surface area contributed by atoms with Crippen molar-refractivity contribution in [1.29, 1.82) is 0 Å². The summed E-state index contributed by atoms with van der Waals surface area (Å²) in [4.78, 5) is 11.1. The van der Waals surface area contributed by atoms with Gasteiger partial charge in [0, 0.05) is 12.0 Å². The monoisotopic (exact) mass is 230 g/mol. The van der Waals surface area contributed by atoms with Gasteiger partial charge >= 0.3 is 0 Å². The quantitative estimate of drug-likeness (QED) is 0.742. The molecule has 0 aliphatic carbocycles. The highest BCUT2D eigenvalue weighted by molar-refractivity contribution is 5.96. The zero-order valence-electron chi connectivity index (χ0n) is 9.93. The minimum Gasteiger partial charge on any atom is -0.491 e. The number of halogens is 2. The molecule has 1 aromatic rings. The van der Waals surface area contributed by atoms with Crippen LogP contribution in [0.2, 0.25) is 0 Å². The molecule has 0 unspecified atom stereocenters. The molecule has 0 aliphatic heterocycles. The Bertz CT molecular complexity index is 339. The molecule has 0 aromatic heterocycles. The van der Waals surface area contributed by atoms with E-state index in [0.717, 1.165) is 12.1 Å². The highest BCUT2D eigenvalue weighted by atomic mass is 19.1. The first kappa shape index (κ1) is 14.6. The molecule has 0 heterocycles. The predicted molar refractivity (Wildman–Crippen MR) is 58.9 cm³/mol. The van der Waals surface area contributed by atoms with Gasteiger partial charge in [0.15, 0.2) is 23.2 Å². The van der Waals surface area contributed by atoms with Gasteiger partial charge in [-0.15, -0.1) is 0 Å². The van der Waals surface area contributed by atoms with E-state index in [1.807, 2.05) is 13.8 Å². The minimum atomic E-state index is -0.857. The van der Waals surface area contributed by atoms with E-state index in [9.17, 15) is 13.6 Å². The lowest BCUT2D eigenvalue weighted by atomic mass is 10.1. The summed E-state index contributed by atoms with van der Waals surface area (Å²) in [6.45, 7) is 5.63. The van der Waals surface area contributed by atoms with Gasteiger partial charge in [-0.1, -0.05) is 20.8 Å². The third-order valence-corrected chi connectivity index (χ3v) is 1.85. The lowest BCUT2D eigenvalue weighted by molar-refractivity contribution is 0.0987. The molecule has 0 saturated carbocycles. The zero-order valence-corrected chi connectivity index (χ0v) is 9.93. The zero-order chi connectivity index (χ0) is 12.7. The number of ketones is 1. The largest absolute Gasteiger partial charge is 0.491 e. The van der Waals surface area contributed by atoms with E-state index in [0.29, 0.717) is 0 Å². The fraction of sp³-hybridized carbons (Fsp3) is 0.417. The maximum absolute atomic E-state index is 13.1. The van der Waals surface area contributed by atoms with Gasteiger partial charge in [-0.25, -0.2) is 8.78 Å². The Kier molecular flexibility index (Phi) is 6.30. The van der Waals surface area contributed by atoms with Gasteiger partial charge in [0.05, 0.1) is 7.11 Å². The summed E-state index contributed by atoms with van der Waals surface area (Å²) in [5.41, 5.74) is 0.0308. The van der Waals surface area contributed by atoms with Gasteiger partial charge in [-0.2, -0.15) is 0 Å². The summed E-state index contributed by atoms with van der Waals surface area (Å²) < 4.78 is 30.7. The van der Waals surface area contributed by atoms with Crippen LogP contribution < -0.4 is 4.74 Å². The highest BCUT2D eigenvalue weighted by Gasteiger charge is 2.14. The van der Waals surface area contributed by atoms with Gasteiger partial charge in [0.25, 0.3) is 0 Å². The summed E-state index contributed by atoms with van der Waals surface area (Å²) in [5, 5.41) is 0. The number of methoxy groups -OCH3 is 1. The number of benzene rings is 1. The molecule has 0 atom stereocenters. The van der Waals surface area contributed by atoms with Crippen LogP contribution >= 0.6 is 0 Å². The standard InChI is InChI=1S/C10H10F2O2.C2H6/c1-3-9(13)6-4-7(11)10(14-2)8(12)5-6;1-2/h4-5H,3H2,1-2H3;1-2H3. The molecule has 90 valence electrons. The third kappa shape index (κ3) is 3.29. The third-order valence-electron chi connectivity index (χ3n) is 1.85. The number of Topliss-reactive ketones (excluding diaryl/α,β-unsaturated/α-hetero) is 1. The molecule has 1 aromatic carbocycles.